The van der Waals surface area contributed by atoms with Gasteiger partial charge in [-0.25, -0.2) is 13.4 Å². The SMILES string of the molecule is CNC1CCN(S(=O)(=O)c2cccc3c(OC(C)C)ncc(Cl)c23)C1. The van der Waals surface area contributed by atoms with E-state index in [-0.39, 0.29) is 17.0 Å². The molecule has 0 amide bonds. The fourth-order valence-electron chi connectivity index (χ4n) is 3.06. The van der Waals surface area contributed by atoms with Gasteiger partial charge in [0.2, 0.25) is 15.9 Å². The third-order valence-electron chi connectivity index (χ3n) is 4.32. The van der Waals surface area contributed by atoms with Gasteiger partial charge in [-0.05, 0) is 39.4 Å². The first-order valence-electron chi connectivity index (χ1n) is 8.26. The number of sulfonamides is 1. The maximum absolute atomic E-state index is 13.2. The zero-order chi connectivity index (χ0) is 18.2. The number of pyridine rings is 1. The third kappa shape index (κ3) is 3.46. The minimum atomic E-state index is -3.65. The number of hydrogen-bond acceptors (Lipinski definition) is 5. The molecular formula is C17H22ClN3O3S. The van der Waals surface area contributed by atoms with Crippen LogP contribution in [0, 0.1) is 0 Å². The first kappa shape index (κ1) is 18.4. The van der Waals surface area contributed by atoms with Crippen LogP contribution in [0.3, 0.4) is 0 Å². The standard InChI is InChI=1S/C17H22ClN3O3S/c1-11(2)24-17-13-5-4-6-15(16(13)14(18)9-20-17)25(22,23)21-8-7-12(10-21)19-3/h4-6,9,11-12,19H,7-8,10H2,1-3H3. The highest BCUT2D eigenvalue weighted by Gasteiger charge is 2.33. The second-order valence-corrected chi connectivity index (χ2v) is 8.71. The molecule has 0 saturated carbocycles. The van der Waals surface area contributed by atoms with E-state index in [2.05, 4.69) is 10.3 Å². The number of benzene rings is 1. The molecule has 3 rings (SSSR count). The second kappa shape index (κ2) is 7.07. The molecule has 1 saturated heterocycles. The summed E-state index contributed by atoms with van der Waals surface area (Å²) >= 11 is 6.33. The molecule has 0 spiro atoms. The second-order valence-electron chi connectivity index (χ2n) is 6.39. The fourth-order valence-corrected chi connectivity index (χ4v) is 5.10. The highest BCUT2D eigenvalue weighted by atomic mass is 35.5. The average Bonchev–Trinajstić information content (AvgIpc) is 3.06. The zero-order valence-electron chi connectivity index (χ0n) is 14.5. The van der Waals surface area contributed by atoms with E-state index in [1.165, 1.54) is 10.5 Å². The molecule has 6 nitrogen and oxygen atoms in total. The van der Waals surface area contributed by atoms with Gasteiger partial charge in [-0.1, -0.05) is 17.7 Å². The minimum Gasteiger partial charge on any atom is -0.475 e. The van der Waals surface area contributed by atoms with Crippen molar-refractivity contribution in [2.24, 2.45) is 0 Å². The predicted molar refractivity (Wildman–Crippen MR) is 98.7 cm³/mol. The first-order chi connectivity index (χ1) is 11.8. The van der Waals surface area contributed by atoms with Crippen LogP contribution in [0.4, 0.5) is 0 Å². The number of rotatable bonds is 5. The predicted octanol–water partition coefficient (Wildman–Crippen LogP) is 2.66. The maximum atomic E-state index is 13.2. The summed E-state index contributed by atoms with van der Waals surface area (Å²) in [5.74, 6) is 0.390. The maximum Gasteiger partial charge on any atom is 0.243 e. The molecule has 1 aliphatic rings. The van der Waals surface area contributed by atoms with Crippen molar-refractivity contribution in [3.05, 3.63) is 29.4 Å². The van der Waals surface area contributed by atoms with Crippen LogP contribution in [0.25, 0.3) is 10.8 Å². The highest BCUT2D eigenvalue weighted by Crippen LogP contribution is 2.36. The minimum absolute atomic E-state index is 0.0768. The van der Waals surface area contributed by atoms with Crippen molar-refractivity contribution in [3.8, 4) is 5.88 Å². The van der Waals surface area contributed by atoms with Gasteiger partial charge in [0.25, 0.3) is 0 Å². The molecule has 1 atom stereocenters. The van der Waals surface area contributed by atoms with Gasteiger partial charge >= 0.3 is 0 Å². The number of fused-ring (bicyclic) bond motifs is 1. The topological polar surface area (TPSA) is 71.5 Å². The Morgan fingerprint density at radius 2 is 2.16 bits per heavy atom. The molecule has 1 aromatic heterocycles. The van der Waals surface area contributed by atoms with Crippen LogP contribution in [0.15, 0.2) is 29.3 Å². The summed E-state index contributed by atoms with van der Waals surface area (Å²) in [4.78, 5) is 4.42. The van der Waals surface area contributed by atoms with Crippen molar-refractivity contribution in [1.29, 1.82) is 0 Å². The molecule has 0 bridgehead atoms. The van der Waals surface area contributed by atoms with E-state index in [9.17, 15) is 8.42 Å². The van der Waals surface area contributed by atoms with E-state index in [1.54, 1.807) is 18.2 Å². The molecule has 1 fully saturated rings. The van der Waals surface area contributed by atoms with Gasteiger partial charge in [0.05, 0.1) is 22.2 Å². The number of nitrogens with zero attached hydrogens (tertiary/aromatic N) is 2. The van der Waals surface area contributed by atoms with Crippen molar-refractivity contribution in [2.75, 3.05) is 20.1 Å². The van der Waals surface area contributed by atoms with Crippen molar-refractivity contribution in [2.45, 2.75) is 37.3 Å². The monoisotopic (exact) mass is 383 g/mol. The van der Waals surface area contributed by atoms with Crippen molar-refractivity contribution in [1.82, 2.24) is 14.6 Å². The van der Waals surface area contributed by atoms with Crippen LogP contribution < -0.4 is 10.1 Å². The Bertz CT molecular complexity index is 886. The zero-order valence-corrected chi connectivity index (χ0v) is 16.1. The molecule has 2 aromatic rings. The Kier molecular flexibility index (Phi) is 5.20. The van der Waals surface area contributed by atoms with Crippen LogP contribution in [0.5, 0.6) is 5.88 Å². The average molecular weight is 384 g/mol. The summed E-state index contributed by atoms with van der Waals surface area (Å²) in [6.07, 6.45) is 2.16. The number of likely N-dealkylation sites (N-methyl/N-ethyl adjacent to an activating group) is 1. The summed E-state index contributed by atoms with van der Waals surface area (Å²) in [6.45, 7) is 4.73. The number of halogens is 1. The van der Waals surface area contributed by atoms with Crippen LogP contribution in [0.1, 0.15) is 20.3 Å². The molecule has 1 unspecified atom stereocenters. The van der Waals surface area contributed by atoms with Crippen LogP contribution in [-0.4, -0.2) is 50.0 Å². The Morgan fingerprint density at radius 1 is 1.40 bits per heavy atom. The van der Waals surface area contributed by atoms with Gasteiger partial charge in [0.15, 0.2) is 0 Å². The van der Waals surface area contributed by atoms with E-state index in [4.69, 9.17) is 16.3 Å². The molecular weight excluding hydrogens is 362 g/mol. The summed E-state index contributed by atoms with van der Waals surface area (Å²) in [5, 5.41) is 4.50. The first-order valence-corrected chi connectivity index (χ1v) is 10.1. The fraction of sp³-hybridized carbons (Fsp3) is 0.471. The lowest BCUT2D eigenvalue weighted by Gasteiger charge is -2.19. The Hall–Kier alpha value is -1.41. The lowest BCUT2D eigenvalue weighted by Crippen LogP contribution is -2.33. The van der Waals surface area contributed by atoms with Gasteiger partial charge in [-0.2, -0.15) is 4.31 Å². The van der Waals surface area contributed by atoms with E-state index < -0.39 is 10.0 Å². The van der Waals surface area contributed by atoms with Gasteiger partial charge in [0.1, 0.15) is 0 Å². The molecule has 8 heteroatoms. The summed E-state index contributed by atoms with van der Waals surface area (Å²) in [7, 11) is -1.81. The van der Waals surface area contributed by atoms with E-state index in [1.807, 2.05) is 20.9 Å². The smallest absolute Gasteiger partial charge is 0.243 e. The van der Waals surface area contributed by atoms with Gasteiger partial charge < -0.3 is 10.1 Å². The van der Waals surface area contributed by atoms with Crippen LogP contribution in [-0.2, 0) is 10.0 Å². The van der Waals surface area contributed by atoms with Crippen molar-refractivity contribution >= 4 is 32.4 Å². The molecule has 1 aliphatic heterocycles. The van der Waals surface area contributed by atoms with Gasteiger partial charge in [-0.3, -0.25) is 0 Å². The highest BCUT2D eigenvalue weighted by molar-refractivity contribution is 7.89. The number of nitrogens with one attached hydrogen (secondary N) is 1. The Labute approximate surface area is 153 Å². The van der Waals surface area contributed by atoms with E-state index in [0.29, 0.717) is 34.8 Å². The van der Waals surface area contributed by atoms with E-state index in [0.717, 1.165) is 6.42 Å². The molecule has 136 valence electrons. The third-order valence-corrected chi connectivity index (χ3v) is 6.51. The summed E-state index contributed by atoms with van der Waals surface area (Å²) in [5.41, 5.74) is 0. The Balaban J connectivity index is 2.14. The normalized spacial score (nSPS) is 19.0. The number of aromatic nitrogens is 1. The molecule has 1 aromatic carbocycles. The molecule has 0 radical (unpaired) electrons. The van der Waals surface area contributed by atoms with Crippen LogP contribution >= 0.6 is 11.6 Å². The number of hydrogen-bond donors (Lipinski definition) is 1. The summed E-state index contributed by atoms with van der Waals surface area (Å²) < 4.78 is 33.6. The molecule has 1 N–H and O–H groups in total. The van der Waals surface area contributed by atoms with Crippen molar-refractivity contribution in [3.63, 3.8) is 0 Å². The molecule has 2 heterocycles. The number of ether oxygens (including phenoxy) is 1. The quantitative estimate of drug-likeness (QED) is 0.859. The molecule has 0 aliphatic carbocycles. The molecule has 25 heavy (non-hydrogen) atoms. The van der Waals surface area contributed by atoms with Crippen molar-refractivity contribution < 1.29 is 13.2 Å². The van der Waals surface area contributed by atoms with E-state index >= 15 is 0 Å². The summed E-state index contributed by atoms with van der Waals surface area (Å²) in [6, 6.07) is 5.24. The van der Waals surface area contributed by atoms with Gasteiger partial charge in [-0.15, -0.1) is 0 Å². The van der Waals surface area contributed by atoms with Gasteiger partial charge in [0, 0.05) is 29.9 Å². The lowest BCUT2D eigenvalue weighted by atomic mass is 10.1. The Morgan fingerprint density at radius 3 is 2.80 bits per heavy atom. The largest absolute Gasteiger partial charge is 0.475 e. The lowest BCUT2D eigenvalue weighted by molar-refractivity contribution is 0.236. The van der Waals surface area contributed by atoms with Crippen LogP contribution in [0.2, 0.25) is 5.02 Å².